The zero-order valence-corrected chi connectivity index (χ0v) is 13.7. The first-order valence-corrected chi connectivity index (χ1v) is 9.01. The topological polar surface area (TPSA) is 91.8 Å². The molecule has 1 N–H and O–H groups in total. The van der Waals surface area contributed by atoms with E-state index in [4.69, 9.17) is 0 Å². The Balaban J connectivity index is 1.91. The van der Waals surface area contributed by atoms with E-state index in [2.05, 4.69) is 20.2 Å². The summed E-state index contributed by atoms with van der Waals surface area (Å²) in [5.74, 6) is 0.732. The van der Waals surface area contributed by atoms with Crippen LogP contribution < -0.4 is 0 Å². The van der Waals surface area contributed by atoms with Gasteiger partial charge in [0.1, 0.15) is 11.5 Å². The molecule has 3 heterocycles. The largest absolute Gasteiger partial charge is 0.282 e. The molecule has 2 aromatic rings. The van der Waals surface area contributed by atoms with E-state index in [1.807, 2.05) is 26.0 Å². The van der Waals surface area contributed by atoms with E-state index in [9.17, 15) is 8.42 Å². The van der Waals surface area contributed by atoms with Crippen LogP contribution >= 0.6 is 0 Å². The Labute approximate surface area is 129 Å². The molecule has 0 bridgehead atoms. The summed E-state index contributed by atoms with van der Waals surface area (Å²) in [5.41, 5.74) is 3.38. The number of H-pyrrole nitrogens is 1. The standard InChI is InChI=1S/C14H19N5O2S/c1-9-6-12(13-7-10(2)17-18-13)16-14(15-9)11-4-5-19(8-11)22(3,20)21/h6-7,11H,4-5,8H2,1-3H3,(H,17,18). The molecule has 1 aliphatic rings. The zero-order valence-electron chi connectivity index (χ0n) is 12.9. The van der Waals surface area contributed by atoms with Crippen molar-refractivity contribution in [2.24, 2.45) is 0 Å². The third kappa shape index (κ3) is 3.02. The average molecular weight is 321 g/mol. The highest BCUT2D eigenvalue weighted by Gasteiger charge is 2.31. The van der Waals surface area contributed by atoms with Crippen molar-refractivity contribution in [2.75, 3.05) is 19.3 Å². The van der Waals surface area contributed by atoms with Crippen molar-refractivity contribution in [3.8, 4) is 11.4 Å². The highest BCUT2D eigenvalue weighted by molar-refractivity contribution is 7.88. The van der Waals surface area contributed by atoms with Gasteiger partial charge in [-0.2, -0.15) is 5.10 Å². The van der Waals surface area contributed by atoms with Gasteiger partial charge in [0.15, 0.2) is 0 Å². The van der Waals surface area contributed by atoms with E-state index < -0.39 is 10.0 Å². The minimum Gasteiger partial charge on any atom is -0.282 e. The van der Waals surface area contributed by atoms with Crippen molar-refractivity contribution in [1.82, 2.24) is 24.5 Å². The van der Waals surface area contributed by atoms with Crippen LogP contribution in [0.1, 0.15) is 29.6 Å². The summed E-state index contributed by atoms with van der Waals surface area (Å²) in [6.07, 6.45) is 1.99. The second-order valence-corrected chi connectivity index (χ2v) is 7.78. The highest BCUT2D eigenvalue weighted by atomic mass is 32.2. The van der Waals surface area contributed by atoms with Gasteiger partial charge in [-0.15, -0.1) is 0 Å². The summed E-state index contributed by atoms with van der Waals surface area (Å²) in [4.78, 5) is 9.09. The summed E-state index contributed by atoms with van der Waals surface area (Å²) in [6.45, 7) is 4.82. The van der Waals surface area contributed by atoms with Crippen molar-refractivity contribution in [1.29, 1.82) is 0 Å². The van der Waals surface area contributed by atoms with Crippen LogP contribution in [0.25, 0.3) is 11.4 Å². The van der Waals surface area contributed by atoms with Gasteiger partial charge in [0.25, 0.3) is 0 Å². The number of aromatic nitrogens is 4. The number of nitrogens with zero attached hydrogens (tertiary/aromatic N) is 4. The summed E-state index contributed by atoms with van der Waals surface area (Å²) in [7, 11) is -3.15. The molecule has 0 amide bonds. The zero-order chi connectivity index (χ0) is 15.9. The maximum atomic E-state index is 11.6. The predicted octanol–water partition coefficient (Wildman–Crippen LogP) is 1.23. The lowest BCUT2D eigenvalue weighted by atomic mass is 10.1. The molecule has 118 valence electrons. The fourth-order valence-electron chi connectivity index (χ4n) is 2.69. The lowest BCUT2D eigenvalue weighted by Gasteiger charge is -2.13. The van der Waals surface area contributed by atoms with Gasteiger partial charge in [-0.25, -0.2) is 22.7 Å². The number of hydrogen-bond acceptors (Lipinski definition) is 5. The molecule has 0 saturated carbocycles. The molecule has 22 heavy (non-hydrogen) atoms. The first-order valence-electron chi connectivity index (χ1n) is 7.16. The molecule has 0 radical (unpaired) electrons. The van der Waals surface area contributed by atoms with Crippen molar-refractivity contribution in [2.45, 2.75) is 26.2 Å². The third-order valence-corrected chi connectivity index (χ3v) is 5.09. The van der Waals surface area contributed by atoms with Crippen LogP contribution in [0.2, 0.25) is 0 Å². The van der Waals surface area contributed by atoms with Crippen molar-refractivity contribution in [3.05, 3.63) is 29.3 Å². The maximum absolute atomic E-state index is 11.6. The van der Waals surface area contributed by atoms with Crippen LogP contribution in [-0.2, 0) is 10.0 Å². The van der Waals surface area contributed by atoms with E-state index in [1.54, 1.807) is 0 Å². The molecule has 3 rings (SSSR count). The van der Waals surface area contributed by atoms with Crippen LogP contribution in [0.4, 0.5) is 0 Å². The van der Waals surface area contributed by atoms with Gasteiger partial charge in [0.2, 0.25) is 10.0 Å². The molecule has 0 aliphatic carbocycles. The Morgan fingerprint density at radius 1 is 1.23 bits per heavy atom. The molecule has 1 unspecified atom stereocenters. The summed E-state index contributed by atoms with van der Waals surface area (Å²) >= 11 is 0. The molecule has 1 fully saturated rings. The fraction of sp³-hybridized carbons (Fsp3) is 0.500. The fourth-order valence-corrected chi connectivity index (χ4v) is 3.58. The van der Waals surface area contributed by atoms with Gasteiger partial charge in [-0.1, -0.05) is 0 Å². The second-order valence-electron chi connectivity index (χ2n) is 5.80. The van der Waals surface area contributed by atoms with Crippen molar-refractivity contribution in [3.63, 3.8) is 0 Å². The number of hydrogen-bond donors (Lipinski definition) is 1. The molecule has 0 spiro atoms. The summed E-state index contributed by atoms with van der Waals surface area (Å²) in [6, 6.07) is 3.82. The minimum atomic E-state index is -3.15. The van der Waals surface area contributed by atoms with Crippen LogP contribution in [0.5, 0.6) is 0 Å². The molecule has 1 atom stereocenters. The highest BCUT2D eigenvalue weighted by Crippen LogP contribution is 2.28. The van der Waals surface area contributed by atoms with Crippen LogP contribution in [0.3, 0.4) is 0 Å². The molecule has 7 nitrogen and oxygen atoms in total. The van der Waals surface area contributed by atoms with Gasteiger partial charge >= 0.3 is 0 Å². The smallest absolute Gasteiger partial charge is 0.211 e. The third-order valence-electron chi connectivity index (χ3n) is 3.83. The van der Waals surface area contributed by atoms with Crippen molar-refractivity contribution >= 4 is 10.0 Å². The average Bonchev–Trinajstić information content (AvgIpc) is 3.05. The first kappa shape index (κ1) is 15.1. The SMILES string of the molecule is Cc1cc(-c2cc(C)[nH]n2)nc(C2CCN(S(C)(=O)=O)C2)n1. The quantitative estimate of drug-likeness (QED) is 0.918. The number of rotatable bonds is 3. The normalized spacial score (nSPS) is 19.7. The molecule has 8 heteroatoms. The molecule has 2 aromatic heterocycles. The maximum Gasteiger partial charge on any atom is 0.211 e. The monoisotopic (exact) mass is 321 g/mol. The van der Waals surface area contributed by atoms with Crippen LogP contribution in [-0.4, -0.2) is 52.2 Å². The Hall–Kier alpha value is -1.80. The van der Waals surface area contributed by atoms with Crippen LogP contribution in [0, 0.1) is 13.8 Å². The number of aromatic amines is 1. The Bertz CT molecular complexity index is 799. The van der Waals surface area contributed by atoms with E-state index in [-0.39, 0.29) is 5.92 Å². The van der Waals surface area contributed by atoms with E-state index in [0.29, 0.717) is 18.9 Å². The molecule has 0 aromatic carbocycles. The van der Waals surface area contributed by atoms with Gasteiger partial charge in [0.05, 0.1) is 11.9 Å². The number of aryl methyl sites for hydroxylation is 2. The summed E-state index contributed by atoms with van der Waals surface area (Å²) in [5, 5.41) is 7.13. The summed E-state index contributed by atoms with van der Waals surface area (Å²) < 4.78 is 24.8. The van der Waals surface area contributed by atoms with Gasteiger partial charge in [-0.3, -0.25) is 5.10 Å². The lowest BCUT2D eigenvalue weighted by Crippen LogP contribution is -2.27. The molecular formula is C14H19N5O2S. The number of nitrogens with one attached hydrogen (secondary N) is 1. The van der Waals surface area contributed by atoms with Crippen molar-refractivity contribution < 1.29 is 8.42 Å². The van der Waals surface area contributed by atoms with Crippen LogP contribution in [0.15, 0.2) is 12.1 Å². The number of sulfonamides is 1. The Kier molecular flexibility index (Phi) is 3.73. The molecular weight excluding hydrogens is 302 g/mol. The minimum absolute atomic E-state index is 0.0356. The molecule has 1 saturated heterocycles. The predicted molar refractivity (Wildman–Crippen MR) is 82.9 cm³/mol. The Morgan fingerprint density at radius 3 is 2.59 bits per heavy atom. The Morgan fingerprint density at radius 2 is 2.00 bits per heavy atom. The van der Waals surface area contributed by atoms with E-state index in [0.717, 1.165) is 29.2 Å². The van der Waals surface area contributed by atoms with E-state index in [1.165, 1.54) is 10.6 Å². The lowest BCUT2D eigenvalue weighted by molar-refractivity contribution is 0.476. The van der Waals surface area contributed by atoms with E-state index >= 15 is 0 Å². The van der Waals surface area contributed by atoms with Gasteiger partial charge in [0, 0.05) is 30.4 Å². The first-order chi connectivity index (χ1) is 10.3. The molecule has 1 aliphatic heterocycles. The van der Waals surface area contributed by atoms with Gasteiger partial charge in [-0.05, 0) is 32.4 Å². The second kappa shape index (κ2) is 5.44. The van der Waals surface area contributed by atoms with Gasteiger partial charge < -0.3 is 0 Å².